The monoisotopic (exact) mass is 786 g/mol. The number of aliphatic hydroxyl groups excluding tert-OH is 11. The maximum absolute atomic E-state index is 13.1. The van der Waals surface area contributed by atoms with Gasteiger partial charge in [0.15, 0.2) is 18.7 Å². The van der Waals surface area contributed by atoms with Crippen molar-refractivity contribution in [3.8, 4) is 0 Å². The molecule has 3 aliphatic rings. The molecule has 0 bridgehead atoms. The molecule has 3 saturated heterocycles. The molecule has 3 rings (SSSR count). The summed E-state index contributed by atoms with van der Waals surface area (Å²) in [4.78, 5) is 13.1. The Morgan fingerprint density at radius 3 is 1.56 bits per heavy atom. The van der Waals surface area contributed by atoms with Gasteiger partial charge in [-0.3, -0.25) is 4.79 Å². The number of carbonyl (C=O) groups is 1. The van der Waals surface area contributed by atoms with Crippen molar-refractivity contribution in [1.29, 1.82) is 0 Å². The predicted molar refractivity (Wildman–Crippen MR) is 186 cm³/mol. The zero-order valence-corrected chi connectivity index (χ0v) is 31.3. The summed E-state index contributed by atoms with van der Waals surface area (Å²) in [6.45, 7) is -0.490. The third kappa shape index (κ3) is 12.9. The molecule has 18 nitrogen and oxygen atoms in total. The third-order valence-corrected chi connectivity index (χ3v) is 10.4. The predicted octanol–water partition coefficient (Wildman–Crippen LogP) is -1.44. The minimum absolute atomic E-state index is 0.175. The molecule has 2 unspecified atom stereocenters. The van der Waals surface area contributed by atoms with E-state index in [0.717, 1.165) is 25.7 Å². The van der Waals surface area contributed by atoms with Gasteiger partial charge >= 0.3 is 11.9 Å². The van der Waals surface area contributed by atoms with Crippen molar-refractivity contribution in [2.45, 2.75) is 201 Å². The summed E-state index contributed by atoms with van der Waals surface area (Å²) in [5.41, 5.74) is 0. The molecule has 18 heteroatoms. The first-order valence-electron chi connectivity index (χ1n) is 19.7. The summed E-state index contributed by atoms with van der Waals surface area (Å²) >= 11 is 0. The Labute approximate surface area is 316 Å². The smallest absolute Gasteiger partial charge is 0.360 e. The van der Waals surface area contributed by atoms with Crippen LogP contribution in [-0.4, -0.2) is 174 Å². The standard InChI is InChI=1S/C36H66O18/c1-2-3-4-5-6-7-8-9-10-11-12-13-14-15-16-17-24(40)53-36(33(47)28(44)25(41)21(18-37)52-36)54-32-23(20-39)50-35(30(46)27(32)43)51-31-22(19-38)49-34(48)29(45)26(31)42/h21-23,25-35,37-39,41-48H,2-20H2,1H3/t21-,22-,23-,25-,26-,27-,28+,29-,30-,31-,32-,33-,34+,35?,36?/m1/s1. The Balaban J connectivity index is 1.58. The lowest BCUT2D eigenvalue weighted by atomic mass is 9.95. The number of carbonyl (C=O) groups excluding carboxylic acids is 1. The Kier molecular flexibility index (Phi) is 20.9. The molecule has 0 spiro atoms. The fraction of sp³-hybridized carbons (Fsp3) is 0.972. The van der Waals surface area contributed by atoms with Gasteiger partial charge < -0.3 is 84.6 Å². The number of hydrogen-bond donors (Lipinski definition) is 11. The average molecular weight is 787 g/mol. The summed E-state index contributed by atoms with van der Waals surface area (Å²) in [5, 5.41) is 114. The summed E-state index contributed by atoms with van der Waals surface area (Å²) < 4.78 is 32.9. The first-order valence-corrected chi connectivity index (χ1v) is 19.7. The summed E-state index contributed by atoms with van der Waals surface area (Å²) in [6.07, 6.45) is -9.72. The number of esters is 1. The van der Waals surface area contributed by atoms with Crippen molar-refractivity contribution in [2.75, 3.05) is 19.8 Å². The van der Waals surface area contributed by atoms with E-state index in [-0.39, 0.29) is 6.42 Å². The maximum atomic E-state index is 13.1. The molecule has 3 aliphatic heterocycles. The van der Waals surface area contributed by atoms with Gasteiger partial charge in [-0.2, -0.15) is 0 Å². The highest BCUT2D eigenvalue weighted by molar-refractivity contribution is 5.69. The van der Waals surface area contributed by atoms with E-state index in [0.29, 0.717) is 12.8 Å². The molecule has 0 aromatic rings. The number of hydrogen-bond acceptors (Lipinski definition) is 18. The van der Waals surface area contributed by atoms with Crippen molar-refractivity contribution in [1.82, 2.24) is 0 Å². The SMILES string of the molecule is CCCCCCCCCCCCCCCCCC(=O)OC1(O[C@H]2[C@H](O)[C@@H](O)C(O[C@H]3[C@H](O)[C@@H](O)[C@@H](O)O[C@@H]3CO)O[C@@H]2CO)O[C@H](CO)[C@@H](O)[C@H](O)[C@H]1O. The van der Waals surface area contributed by atoms with Crippen LogP contribution < -0.4 is 0 Å². The van der Waals surface area contributed by atoms with E-state index in [9.17, 15) is 61.0 Å². The van der Waals surface area contributed by atoms with Crippen LogP contribution in [0, 0.1) is 0 Å². The van der Waals surface area contributed by atoms with Crippen LogP contribution in [0.4, 0.5) is 0 Å². The van der Waals surface area contributed by atoms with E-state index in [1.54, 1.807) is 0 Å². The van der Waals surface area contributed by atoms with E-state index in [4.69, 9.17) is 28.4 Å². The molecule has 54 heavy (non-hydrogen) atoms. The van der Waals surface area contributed by atoms with Crippen LogP contribution in [0.3, 0.4) is 0 Å². The molecule has 0 saturated carbocycles. The first-order chi connectivity index (χ1) is 25.8. The lowest BCUT2D eigenvalue weighted by Gasteiger charge is -2.51. The molecule has 3 fully saturated rings. The second kappa shape index (κ2) is 23.9. The van der Waals surface area contributed by atoms with Gasteiger partial charge in [-0.15, -0.1) is 0 Å². The molecule has 318 valence electrons. The Hall–Kier alpha value is -1.17. The van der Waals surface area contributed by atoms with Crippen LogP contribution in [0.15, 0.2) is 0 Å². The summed E-state index contributed by atoms with van der Waals surface area (Å²) in [5.74, 6) is -3.94. The van der Waals surface area contributed by atoms with Crippen LogP contribution in [0.1, 0.15) is 110 Å². The third-order valence-electron chi connectivity index (χ3n) is 10.4. The van der Waals surface area contributed by atoms with Crippen LogP contribution in [0.5, 0.6) is 0 Å². The van der Waals surface area contributed by atoms with Gasteiger partial charge in [0.2, 0.25) is 0 Å². The van der Waals surface area contributed by atoms with Crippen molar-refractivity contribution < 1.29 is 89.4 Å². The second-order valence-electron chi connectivity index (χ2n) is 14.7. The lowest BCUT2D eigenvalue weighted by Crippen LogP contribution is -2.71. The number of ether oxygens (including phenoxy) is 6. The van der Waals surface area contributed by atoms with E-state index in [1.165, 1.54) is 57.8 Å². The molecule has 0 radical (unpaired) electrons. The minimum atomic E-state index is -2.98. The van der Waals surface area contributed by atoms with E-state index < -0.39 is 118 Å². The van der Waals surface area contributed by atoms with Crippen molar-refractivity contribution >= 4 is 5.97 Å². The number of rotatable bonds is 24. The molecule has 0 aliphatic carbocycles. The summed E-state index contributed by atoms with van der Waals surface area (Å²) in [6, 6.07) is 0. The van der Waals surface area contributed by atoms with Crippen molar-refractivity contribution in [3.05, 3.63) is 0 Å². The fourth-order valence-electron chi connectivity index (χ4n) is 7.06. The summed E-state index contributed by atoms with van der Waals surface area (Å²) in [7, 11) is 0. The zero-order valence-electron chi connectivity index (χ0n) is 31.3. The molecular weight excluding hydrogens is 720 g/mol. The molecule has 0 aromatic heterocycles. The van der Waals surface area contributed by atoms with Crippen LogP contribution in [0.2, 0.25) is 0 Å². The largest absolute Gasteiger partial charge is 0.405 e. The van der Waals surface area contributed by atoms with Gasteiger partial charge in [-0.25, -0.2) is 0 Å². The Morgan fingerprint density at radius 1 is 0.556 bits per heavy atom. The number of unbranched alkanes of at least 4 members (excludes halogenated alkanes) is 14. The quantitative estimate of drug-likeness (QED) is 0.0303. The molecule has 0 aromatic carbocycles. The van der Waals surface area contributed by atoms with Gasteiger partial charge in [0.1, 0.15) is 67.1 Å². The van der Waals surface area contributed by atoms with Gasteiger partial charge in [0.05, 0.1) is 19.8 Å². The Bertz CT molecular complexity index is 1040. The highest BCUT2D eigenvalue weighted by atomic mass is 16.9. The molecule has 11 N–H and O–H groups in total. The lowest BCUT2D eigenvalue weighted by molar-refractivity contribution is -0.473. The van der Waals surface area contributed by atoms with Crippen molar-refractivity contribution in [3.63, 3.8) is 0 Å². The highest BCUT2D eigenvalue weighted by Crippen LogP contribution is 2.38. The van der Waals surface area contributed by atoms with E-state index in [1.807, 2.05) is 0 Å². The van der Waals surface area contributed by atoms with Gasteiger partial charge in [-0.1, -0.05) is 96.8 Å². The minimum Gasteiger partial charge on any atom is -0.405 e. The molecule has 15 atom stereocenters. The average Bonchev–Trinajstić information content (AvgIpc) is 3.16. The van der Waals surface area contributed by atoms with E-state index in [2.05, 4.69) is 6.92 Å². The van der Waals surface area contributed by atoms with Crippen LogP contribution in [0.25, 0.3) is 0 Å². The van der Waals surface area contributed by atoms with Crippen LogP contribution in [-0.2, 0) is 33.2 Å². The highest BCUT2D eigenvalue weighted by Gasteiger charge is 2.61. The second-order valence-corrected chi connectivity index (χ2v) is 14.7. The number of aliphatic hydroxyl groups is 11. The van der Waals surface area contributed by atoms with Crippen molar-refractivity contribution in [2.24, 2.45) is 0 Å². The van der Waals surface area contributed by atoms with E-state index >= 15 is 0 Å². The Morgan fingerprint density at radius 2 is 1.04 bits per heavy atom. The normalized spacial score (nSPS) is 38.7. The molecule has 0 amide bonds. The molecular formula is C36H66O18. The van der Waals surface area contributed by atoms with Gasteiger partial charge in [0.25, 0.3) is 0 Å². The van der Waals surface area contributed by atoms with Gasteiger partial charge in [-0.05, 0) is 6.42 Å². The fourth-order valence-corrected chi connectivity index (χ4v) is 7.06. The van der Waals surface area contributed by atoms with Gasteiger partial charge in [0, 0.05) is 6.42 Å². The topological polar surface area (TPSA) is 295 Å². The first kappa shape index (κ1) is 47.2. The van der Waals surface area contributed by atoms with Crippen LogP contribution >= 0.6 is 0 Å². The zero-order chi connectivity index (χ0) is 39.8. The molecule has 3 heterocycles. The maximum Gasteiger partial charge on any atom is 0.360 e.